The lowest BCUT2D eigenvalue weighted by Gasteiger charge is -2.32. The van der Waals surface area contributed by atoms with Gasteiger partial charge in [0.1, 0.15) is 12.6 Å². The zero-order valence-corrected chi connectivity index (χ0v) is 21.9. The van der Waals surface area contributed by atoms with Gasteiger partial charge in [-0.15, -0.1) is 0 Å². The maximum Gasteiger partial charge on any atom is 0.244 e. The summed E-state index contributed by atoms with van der Waals surface area (Å²) in [5.41, 5.74) is 3.38. The Morgan fingerprint density at radius 1 is 1.00 bits per heavy atom. The van der Waals surface area contributed by atoms with Gasteiger partial charge in [-0.05, 0) is 55.0 Å². The Labute approximate surface area is 204 Å². The van der Waals surface area contributed by atoms with Crippen molar-refractivity contribution in [1.82, 2.24) is 10.2 Å². The highest BCUT2D eigenvalue weighted by Crippen LogP contribution is 2.20. The van der Waals surface area contributed by atoms with Gasteiger partial charge in [-0.2, -0.15) is 0 Å². The van der Waals surface area contributed by atoms with Crippen molar-refractivity contribution in [2.45, 2.75) is 53.6 Å². The Bertz CT molecular complexity index is 1080. The Hall–Kier alpha value is -2.87. The maximum atomic E-state index is 13.5. The molecule has 8 heteroatoms. The average molecular weight is 488 g/mol. The largest absolute Gasteiger partial charge is 0.354 e. The normalized spacial score (nSPS) is 12.3. The number of nitrogens with zero attached hydrogens (tertiary/aromatic N) is 2. The van der Waals surface area contributed by atoms with Gasteiger partial charge in [0.2, 0.25) is 21.8 Å². The molecule has 2 aromatic carbocycles. The quantitative estimate of drug-likeness (QED) is 0.525. The molecule has 186 valence electrons. The molecule has 0 radical (unpaired) electrons. The van der Waals surface area contributed by atoms with Crippen LogP contribution in [0.3, 0.4) is 0 Å². The third kappa shape index (κ3) is 7.58. The predicted octanol–water partition coefficient (Wildman–Crippen LogP) is 3.51. The van der Waals surface area contributed by atoms with Crippen LogP contribution in [0.1, 0.15) is 44.4 Å². The van der Waals surface area contributed by atoms with Crippen molar-refractivity contribution in [1.29, 1.82) is 0 Å². The minimum absolute atomic E-state index is 0.203. The van der Waals surface area contributed by atoms with Gasteiger partial charge in [0.25, 0.3) is 0 Å². The molecule has 0 unspecified atom stereocenters. The van der Waals surface area contributed by atoms with E-state index >= 15 is 0 Å². The second-order valence-corrected chi connectivity index (χ2v) is 11.0. The number of nitrogens with one attached hydrogen (secondary N) is 1. The standard InChI is InChI=1S/C26H37N3O4S/c1-7-22-12-14-24(15-13-22)29(34(6,32)33)18-25(30)28(17-23-11-9-8-10-20(23)4)21(5)26(31)27-16-19(2)3/h8-15,19,21H,7,16-18H2,1-6H3,(H,27,31)/t21-/m0/s1. The lowest BCUT2D eigenvalue weighted by molar-refractivity contribution is -0.139. The molecule has 1 N–H and O–H groups in total. The Kier molecular flexibility index (Phi) is 9.67. The average Bonchev–Trinajstić information content (AvgIpc) is 2.79. The molecular formula is C26H37N3O4S. The topological polar surface area (TPSA) is 86.8 Å². The van der Waals surface area contributed by atoms with Gasteiger partial charge in [-0.1, -0.05) is 57.2 Å². The fourth-order valence-electron chi connectivity index (χ4n) is 3.52. The number of anilines is 1. The summed E-state index contributed by atoms with van der Waals surface area (Å²) >= 11 is 0. The number of hydrogen-bond donors (Lipinski definition) is 1. The number of hydrogen-bond acceptors (Lipinski definition) is 4. The number of amides is 2. The molecule has 0 bridgehead atoms. The lowest BCUT2D eigenvalue weighted by Crippen LogP contribution is -2.51. The van der Waals surface area contributed by atoms with E-state index in [4.69, 9.17) is 0 Å². The van der Waals surface area contributed by atoms with Gasteiger partial charge in [0.15, 0.2) is 0 Å². The molecule has 7 nitrogen and oxygen atoms in total. The van der Waals surface area contributed by atoms with E-state index in [9.17, 15) is 18.0 Å². The zero-order chi connectivity index (χ0) is 25.5. The molecule has 0 aromatic heterocycles. The summed E-state index contributed by atoms with van der Waals surface area (Å²) in [6.07, 6.45) is 1.91. The van der Waals surface area contributed by atoms with E-state index in [2.05, 4.69) is 5.32 Å². The van der Waals surface area contributed by atoms with Crippen LogP contribution in [0.15, 0.2) is 48.5 Å². The smallest absolute Gasteiger partial charge is 0.244 e. The summed E-state index contributed by atoms with van der Waals surface area (Å²) < 4.78 is 26.3. The first-order valence-corrected chi connectivity index (χ1v) is 13.5. The molecule has 0 spiro atoms. The summed E-state index contributed by atoms with van der Waals surface area (Å²) in [5, 5.41) is 2.88. The number of aryl methyl sites for hydroxylation is 2. The van der Waals surface area contributed by atoms with Gasteiger partial charge in [-0.3, -0.25) is 13.9 Å². The van der Waals surface area contributed by atoms with Crippen LogP contribution in [0.2, 0.25) is 0 Å². The molecule has 0 saturated carbocycles. The van der Waals surface area contributed by atoms with Crippen LogP contribution in [-0.2, 0) is 32.6 Å². The van der Waals surface area contributed by atoms with Crippen molar-refractivity contribution in [3.63, 3.8) is 0 Å². The van der Waals surface area contributed by atoms with Crippen LogP contribution in [0.5, 0.6) is 0 Å². The van der Waals surface area contributed by atoms with Crippen molar-refractivity contribution in [2.24, 2.45) is 5.92 Å². The van der Waals surface area contributed by atoms with Crippen LogP contribution in [0, 0.1) is 12.8 Å². The highest BCUT2D eigenvalue weighted by molar-refractivity contribution is 7.92. The van der Waals surface area contributed by atoms with Gasteiger partial charge in [-0.25, -0.2) is 8.42 Å². The molecule has 1 atom stereocenters. The van der Waals surface area contributed by atoms with Gasteiger partial charge < -0.3 is 10.2 Å². The molecule has 34 heavy (non-hydrogen) atoms. The minimum atomic E-state index is -3.73. The number of sulfonamides is 1. The van der Waals surface area contributed by atoms with E-state index in [0.717, 1.165) is 33.7 Å². The lowest BCUT2D eigenvalue weighted by atomic mass is 10.1. The molecule has 0 saturated heterocycles. The molecule has 2 amide bonds. The van der Waals surface area contributed by atoms with Crippen LogP contribution in [-0.4, -0.2) is 50.5 Å². The summed E-state index contributed by atoms with van der Waals surface area (Å²) in [6, 6.07) is 14.0. The number of benzene rings is 2. The van der Waals surface area contributed by atoms with Crippen LogP contribution >= 0.6 is 0 Å². The molecule has 0 aliphatic carbocycles. The van der Waals surface area contributed by atoms with E-state index in [1.807, 2.05) is 64.1 Å². The van der Waals surface area contributed by atoms with Crippen LogP contribution in [0.25, 0.3) is 0 Å². The van der Waals surface area contributed by atoms with E-state index in [0.29, 0.717) is 12.2 Å². The number of carbonyl (C=O) groups excluding carboxylic acids is 2. The van der Waals surface area contributed by atoms with Gasteiger partial charge in [0, 0.05) is 13.1 Å². The first-order chi connectivity index (χ1) is 15.9. The Balaban J connectivity index is 2.37. The molecule has 0 aliphatic heterocycles. The first-order valence-electron chi connectivity index (χ1n) is 11.6. The van der Waals surface area contributed by atoms with Crippen molar-refractivity contribution < 1.29 is 18.0 Å². The maximum absolute atomic E-state index is 13.5. The fourth-order valence-corrected chi connectivity index (χ4v) is 4.37. The van der Waals surface area contributed by atoms with E-state index in [-0.39, 0.29) is 18.4 Å². The van der Waals surface area contributed by atoms with Crippen molar-refractivity contribution in [3.8, 4) is 0 Å². The van der Waals surface area contributed by atoms with Crippen molar-refractivity contribution >= 4 is 27.5 Å². The summed E-state index contributed by atoms with van der Waals surface area (Å²) in [5.74, 6) is -0.447. The van der Waals surface area contributed by atoms with Crippen LogP contribution in [0.4, 0.5) is 5.69 Å². The molecule has 2 rings (SSSR count). The monoisotopic (exact) mass is 487 g/mol. The highest BCUT2D eigenvalue weighted by Gasteiger charge is 2.30. The highest BCUT2D eigenvalue weighted by atomic mass is 32.2. The predicted molar refractivity (Wildman–Crippen MR) is 137 cm³/mol. The Morgan fingerprint density at radius 3 is 2.15 bits per heavy atom. The molecule has 0 fully saturated rings. The molecule has 0 aliphatic rings. The minimum Gasteiger partial charge on any atom is -0.354 e. The third-order valence-corrected chi connectivity index (χ3v) is 6.91. The summed E-state index contributed by atoms with van der Waals surface area (Å²) in [6.45, 7) is 9.93. The molecule has 2 aromatic rings. The Morgan fingerprint density at radius 2 is 1.62 bits per heavy atom. The van der Waals surface area contributed by atoms with E-state index in [1.165, 1.54) is 4.90 Å². The third-order valence-electron chi connectivity index (χ3n) is 5.77. The van der Waals surface area contributed by atoms with Crippen LogP contribution < -0.4 is 9.62 Å². The second kappa shape index (κ2) is 12.0. The SMILES string of the molecule is CCc1ccc(N(CC(=O)N(Cc2ccccc2C)[C@@H](C)C(=O)NCC(C)C)S(C)(=O)=O)cc1. The van der Waals surface area contributed by atoms with Crippen molar-refractivity contribution in [3.05, 3.63) is 65.2 Å². The summed E-state index contributed by atoms with van der Waals surface area (Å²) in [7, 11) is -3.73. The first kappa shape index (κ1) is 27.4. The van der Waals surface area contributed by atoms with Gasteiger partial charge >= 0.3 is 0 Å². The number of rotatable bonds is 11. The van der Waals surface area contributed by atoms with Gasteiger partial charge in [0.05, 0.1) is 11.9 Å². The second-order valence-electron chi connectivity index (χ2n) is 9.05. The van der Waals surface area contributed by atoms with E-state index < -0.39 is 28.5 Å². The molecule has 0 heterocycles. The van der Waals surface area contributed by atoms with E-state index in [1.54, 1.807) is 19.1 Å². The number of carbonyl (C=O) groups is 2. The fraction of sp³-hybridized carbons (Fsp3) is 0.462. The molecular weight excluding hydrogens is 450 g/mol. The zero-order valence-electron chi connectivity index (χ0n) is 21.0. The van der Waals surface area contributed by atoms with Crippen molar-refractivity contribution in [2.75, 3.05) is 23.7 Å². The summed E-state index contributed by atoms with van der Waals surface area (Å²) in [4.78, 5) is 27.8.